The molecule has 0 aliphatic heterocycles. The molecular weight excluding hydrogens is 232 g/mol. The predicted octanol–water partition coefficient (Wildman–Crippen LogP) is 4.55. The zero-order valence-corrected chi connectivity index (χ0v) is 12.9. The van der Waals surface area contributed by atoms with Gasteiger partial charge in [0.2, 0.25) is 0 Å². The molecule has 0 bridgehead atoms. The van der Waals surface area contributed by atoms with E-state index >= 15 is 0 Å². The fourth-order valence-electron chi connectivity index (χ4n) is 2.36. The molecule has 0 atom stereocenters. The summed E-state index contributed by atoms with van der Waals surface area (Å²) in [5, 5.41) is 2.10. The van der Waals surface area contributed by atoms with Crippen molar-refractivity contribution >= 4 is 5.69 Å². The summed E-state index contributed by atoms with van der Waals surface area (Å²) in [7, 11) is 2.08. The van der Waals surface area contributed by atoms with Crippen molar-refractivity contribution in [1.82, 2.24) is 5.43 Å². The molecule has 19 heavy (non-hydrogen) atoms. The minimum absolute atomic E-state index is 0.957. The molecule has 2 nitrogen and oxygen atoms in total. The maximum Gasteiger partial charge on any atom is 0.0519 e. The Bertz CT molecular complexity index is 336. The number of aryl methyl sites for hydroxylation is 1. The molecule has 1 aromatic carbocycles. The molecule has 0 spiro atoms. The molecule has 1 aromatic rings. The maximum absolute atomic E-state index is 3.31. The summed E-state index contributed by atoms with van der Waals surface area (Å²) >= 11 is 0. The monoisotopic (exact) mass is 262 g/mol. The van der Waals surface area contributed by atoms with E-state index in [9.17, 15) is 0 Å². The normalized spacial score (nSPS) is 10.7. The Morgan fingerprint density at radius 2 is 1.74 bits per heavy atom. The topological polar surface area (TPSA) is 15.3 Å². The van der Waals surface area contributed by atoms with Gasteiger partial charge in [-0.15, -0.1) is 0 Å². The number of hydrogen-bond acceptors (Lipinski definition) is 2. The maximum atomic E-state index is 3.31. The average molecular weight is 262 g/mol. The van der Waals surface area contributed by atoms with Crippen LogP contribution in [-0.2, 0) is 6.42 Å². The SMILES string of the molecule is CCCCCCCCc1cccc(N(C)NCC)c1. The Balaban J connectivity index is 2.31. The largest absolute Gasteiger partial charge is 0.312 e. The number of anilines is 1. The summed E-state index contributed by atoms with van der Waals surface area (Å²) in [5.74, 6) is 0. The van der Waals surface area contributed by atoms with Crippen molar-refractivity contribution in [1.29, 1.82) is 0 Å². The van der Waals surface area contributed by atoms with Crippen molar-refractivity contribution in [2.75, 3.05) is 18.6 Å². The Morgan fingerprint density at radius 1 is 1.00 bits per heavy atom. The van der Waals surface area contributed by atoms with Gasteiger partial charge in [0, 0.05) is 13.6 Å². The van der Waals surface area contributed by atoms with E-state index in [1.54, 1.807) is 0 Å². The molecule has 1 rings (SSSR count). The van der Waals surface area contributed by atoms with Crippen LogP contribution in [0.15, 0.2) is 24.3 Å². The standard InChI is InChI=1S/C17H30N2/c1-4-6-7-8-9-10-12-16-13-11-14-17(15-16)19(3)18-5-2/h11,13-15,18H,4-10,12H2,1-3H3. The summed E-state index contributed by atoms with van der Waals surface area (Å²) in [6, 6.07) is 8.87. The quantitative estimate of drug-likeness (QED) is 0.491. The lowest BCUT2D eigenvalue weighted by atomic mass is 10.0. The Hall–Kier alpha value is -1.02. The van der Waals surface area contributed by atoms with Crippen LogP contribution >= 0.6 is 0 Å². The van der Waals surface area contributed by atoms with Crippen molar-refractivity contribution in [2.45, 2.75) is 58.8 Å². The number of unbranched alkanes of at least 4 members (excludes halogenated alkanes) is 5. The number of nitrogens with one attached hydrogen (secondary N) is 1. The van der Waals surface area contributed by atoms with E-state index in [-0.39, 0.29) is 0 Å². The fourth-order valence-corrected chi connectivity index (χ4v) is 2.36. The molecule has 0 amide bonds. The summed E-state index contributed by atoms with van der Waals surface area (Å²) in [6.07, 6.45) is 9.41. The molecule has 2 heteroatoms. The molecule has 0 aliphatic rings. The van der Waals surface area contributed by atoms with Crippen LogP contribution in [0.3, 0.4) is 0 Å². The highest BCUT2D eigenvalue weighted by atomic mass is 15.5. The van der Waals surface area contributed by atoms with E-state index in [0.29, 0.717) is 0 Å². The molecule has 0 saturated carbocycles. The first-order chi connectivity index (χ1) is 9.27. The minimum Gasteiger partial charge on any atom is -0.312 e. The summed E-state index contributed by atoms with van der Waals surface area (Å²) in [5.41, 5.74) is 6.02. The highest BCUT2D eigenvalue weighted by molar-refractivity contribution is 5.46. The van der Waals surface area contributed by atoms with Crippen LogP contribution in [0, 0.1) is 0 Å². The third kappa shape index (κ3) is 6.63. The summed E-state index contributed by atoms with van der Waals surface area (Å²) in [6.45, 7) is 5.35. The molecule has 0 radical (unpaired) electrons. The van der Waals surface area contributed by atoms with Gasteiger partial charge in [0.15, 0.2) is 0 Å². The van der Waals surface area contributed by atoms with Gasteiger partial charge < -0.3 is 5.01 Å². The van der Waals surface area contributed by atoms with Crippen LogP contribution in [0.1, 0.15) is 57.9 Å². The zero-order valence-electron chi connectivity index (χ0n) is 12.9. The van der Waals surface area contributed by atoms with Crippen LogP contribution in [0.5, 0.6) is 0 Å². The molecule has 0 heterocycles. The first-order valence-corrected chi connectivity index (χ1v) is 7.84. The van der Waals surface area contributed by atoms with Gasteiger partial charge in [-0.2, -0.15) is 0 Å². The third-order valence-corrected chi connectivity index (χ3v) is 3.51. The van der Waals surface area contributed by atoms with Crippen LogP contribution in [-0.4, -0.2) is 13.6 Å². The molecule has 0 unspecified atom stereocenters. The second-order valence-electron chi connectivity index (χ2n) is 5.26. The van der Waals surface area contributed by atoms with Crippen molar-refractivity contribution in [3.63, 3.8) is 0 Å². The number of nitrogens with zero attached hydrogens (tertiary/aromatic N) is 1. The number of hydrogen-bond donors (Lipinski definition) is 1. The fraction of sp³-hybridized carbons (Fsp3) is 0.647. The average Bonchev–Trinajstić information content (AvgIpc) is 2.43. The van der Waals surface area contributed by atoms with Gasteiger partial charge in [-0.1, -0.05) is 58.1 Å². The molecule has 1 N–H and O–H groups in total. The first kappa shape index (κ1) is 16.0. The van der Waals surface area contributed by atoms with Gasteiger partial charge in [0.1, 0.15) is 0 Å². The minimum atomic E-state index is 0.957. The molecule has 0 saturated heterocycles. The van der Waals surface area contributed by atoms with Gasteiger partial charge >= 0.3 is 0 Å². The molecule has 0 fully saturated rings. The zero-order chi connectivity index (χ0) is 13.9. The van der Waals surface area contributed by atoms with Crippen molar-refractivity contribution < 1.29 is 0 Å². The van der Waals surface area contributed by atoms with Gasteiger partial charge in [0.05, 0.1) is 5.69 Å². The van der Waals surface area contributed by atoms with Gasteiger partial charge in [-0.25, -0.2) is 5.43 Å². The van der Waals surface area contributed by atoms with Crippen molar-refractivity contribution in [2.24, 2.45) is 0 Å². The van der Waals surface area contributed by atoms with Crippen LogP contribution < -0.4 is 10.4 Å². The van der Waals surface area contributed by atoms with Gasteiger partial charge in [-0.05, 0) is 30.5 Å². The Labute approximate surface area is 119 Å². The number of hydrazine groups is 1. The van der Waals surface area contributed by atoms with E-state index in [0.717, 1.165) is 6.54 Å². The second kappa shape index (κ2) is 9.85. The molecule has 0 aliphatic carbocycles. The summed E-state index contributed by atoms with van der Waals surface area (Å²) < 4.78 is 0. The van der Waals surface area contributed by atoms with E-state index in [4.69, 9.17) is 0 Å². The predicted molar refractivity (Wildman–Crippen MR) is 85.6 cm³/mol. The number of rotatable bonds is 10. The third-order valence-electron chi connectivity index (χ3n) is 3.51. The van der Waals surface area contributed by atoms with Crippen molar-refractivity contribution in [3.8, 4) is 0 Å². The lowest BCUT2D eigenvalue weighted by Crippen LogP contribution is -2.33. The highest BCUT2D eigenvalue weighted by Gasteiger charge is 2.00. The molecular formula is C17H30N2. The summed E-state index contributed by atoms with van der Waals surface area (Å²) in [4.78, 5) is 0. The van der Waals surface area contributed by atoms with Gasteiger partial charge in [-0.3, -0.25) is 0 Å². The highest BCUT2D eigenvalue weighted by Crippen LogP contribution is 2.16. The van der Waals surface area contributed by atoms with E-state index < -0.39 is 0 Å². The first-order valence-electron chi connectivity index (χ1n) is 7.84. The van der Waals surface area contributed by atoms with Crippen LogP contribution in [0.25, 0.3) is 0 Å². The van der Waals surface area contributed by atoms with E-state index in [1.165, 1.54) is 56.2 Å². The van der Waals surface area contributed by atoms with Crippen molar-refractivity contribution in [3.05, 3.63) is 29.8 Å². The lowest BCUT2D eigenvalue weighted by Gasteiger charge is -2.20. The second-order valence-corrected chi connectivity index (χ2v) is 5.26. The van der Waals surface area contributed by atoms with E-state index in [2.05, 4.69) is 55.6 Å². The molecule has 0 aromatic heterocycles. The Kier molecular flexibility index (Phi) is 8.31. The Morgan fingerprint density at radius 3 is 2.47 bits per heavy atom. The lowest BCUT2D eigenvalue weighted by molar-refractivity contribution is 0.607. The number of benzene rings is 1. The van der Waals surface area contributed by atoms with E-state index in [1.807, 2.05) is 0 Å². The smallest absolute Gasteiger partial charge is 0.0519 e. The van der Waals surface area contributed by atoms with Gasteiger partial charge in [0.25, 0.3) is 0 Å². The molecule has 108 valence electrons. The van der Waals surface area contributed by atoms with Crippen LogP contribution in [0.4, 0.5) is 5.69 Å². The van der Waals surface area contributed by atoms with Crippen LogP contribution in [0.2, 0.25) is 0 Å².